The van der Waals surface area contributed by atoms with Crippen LogP contribution in [-0.4, -0.2) is 6.04 Å². The van der Waals surface area contributed by atoms with E-state index in [1.165, 1.54) is 87.0 Å². The first-order valence-electron chi connectivity index (χ1n) is 27.8. The lowest BCUT2D eigenvalue weighted by Gasteiger charge is -2.33. The molecule has 0 radical (unpaired) electrons. The monoisotopic (exact) mass is 992 g/mol. The Morgan fingerprint density at radius 3 is 1.39 bits per heavy atom. The van der Waals surface area contributed by atoms with Gasteiger partial charge in [-0.25, -0.2) is 0 Å². The minimum atomic E-state index is 0.223. The van der Waals surface area contributed by atoms with Gasteiger partial charge in [-0.05, 0) is 193 Å². The molecule has 2 unspecified atom stereocenters. The van der Waals surface area contributed by atoms with E-state index in [-0.39, 0.29) is 6.04 Å². The molecule has 0 heterocycles. The van der Waals surface area contributed by atoms with Crippen LogP contribution in [0.4, 0.5) is 39.8 Å². The van der Waals surface area contributed by atoms with Gasteiger partial charge < -0.3 is 14.7 Å². The number of allylic oxidation sites excluding steroid dienone is 6. The Kier molecular flexibility index (Phi) is 16.5. The summed E-state index contributed by atoms with van der Waals surface area (Å²) in [6.45, 7) is 11.1. The van der Waals surface area contributed by atoms with Crippen molar-refractivity contribution in [3.8, 4) is 0 Å². The molecule has 0 fully saturated rings. The van der Waals surface area contributed by atoms with E-state index in [2.05, 4.69) is 292 Å². The van der Waals surface area contributed by atoms with Gasteiger partial charge in [0.25, 0.3) is 0 Å². The summed E-state index contributed by atoms with van der Waals surface area (Å²) in [5, 5.41) is 2.47. The highest BCUT2D eigenvalue weighted by Gasteiger charge is 2.21. The third-order valence-electron chi connectivity index (χ3n) is 15.0. The minimum Gasteiger partial charge on any atom is -0.334 e. The highest BCUT2D eigenvalue weighted by atomic mass is 15.2. The Labute approximate surface area is 453 Å². The first-order chi connectivity index (χ1) is 37.3. The fourth-order valence-corrected chi connectivity index (χ4v) is 10.4. The molecule has 0 aliphatic heterocycles. The van der Waals surface area contributed by atoms with Gasteiger partial charge >= 0.3 is 0 Å². The number of fused-ring (bicyclic) bond motifs is 1. The van der Waals surface area contributed by atoms with Crippen LogP contribution in [-0.2, 0) is 12.8 Å². The first-order valence-corrected chi connectivity index (χ1v) is 27.8. The van der Waals surface area contributed by atoms with Gasteiger partial charge in [0.1, 0.15) is 0 Å². The Balaban J connectivity index is 0.851. The van der Waals surface area contributed by atoms with Crippen LogP contribution in [0.1, 0.15) is 98.2 Å². The zero-order valence-electron chi connectivity index (χ0n) is 45.2. The number of anilines is 7. The molecule has 2 aliphatic rings. The van der Waals surface area contributed by atoms with Gasteiger partial charge in [0.2, 0.25) is 0 Å². The maximum Gasteiger partial charge on any atom is 0.0560 e. The Morgan fingerprint density at radius 1 is 0.421 bits per heavy atom. The third-order valence-corrected chi connectivity index (χ3v) is 15.0. The molecule has 0 N–H and O–H groups in total. The summed E-state index contributed by atoms with van der Waals surface area (Å²) in [7, 11) is 0. The number of unbranched alkanes of at least 4 members (excludes halogenated alkanes) is 2. The number of rotatable bonds is 19. The Hall–Kier alpha value is -8.14. The van der Waals surface area contributed by atoms with Crippen molar-refractivity contribution < 1.29 is 0 Å². The van der Waals surface area contributed by atoms with E-state index in [4.69, 9.17) is 0 Å². The summed E-state index contributed by atoms with van der Waals surface area (Å²) in [6.07, 6.45) is 32.0. The average molecular weight is 992 g/mol. The van der Waals surface area contributed by atoms with Gasteiger partial charge in [-0.15, -0.1) is 0 Å². The number of aryl methyl sites for hydroxylation is 4. The molecule has 8 aromatic carbocycles. The maximum atomic E-state index is 2.48. The van der Waals surface area contributed by atoms with Crippen molar-refractivity contribution in [1.29, 1.82) is 0 Å². The zero-order valence-corrected chi connectivity index (χ0v) is 45.2. The summed E-state index contributed by atoms with van der Waals surface area (Å²) in [6, 6.07) is 67.9. The quantitative estimate of drug-likeness (QED) is 0.0748. The van der Waals surface area contributed by atoms with Crippen LogP contribution in [0.5, 0.6) is 0 Å². The summed E-state index contributed by atoms with van der Waals surface area (Å²) in [5.74, 6) is 0.556. The molecule has 0 amide bonds. The van der Waals surface area contributed by atoms with Crippen molar-refractivity contribution in [3.05, 3.63) is 275 Å². The molecular weight excluding hydrogens is 919 g/mol. The number of nitrogens with zero attached hydrogens (tertiary/aromatic N) is 3. The molecule has 3 heteroatoms. The number of benzene rings is 8. The van der Waals surface area contributed by atoms with Crippen LogP contribution in [0.15, 0.2) is 236 Å². The molecule has 2 atom stereocenters. The highest BCUT2D eigenvalue weighted by molar-refractivity contribution is 5.90. The lowest BCUT2D eigenvalue weighted by atomic mass is 9.98. The summed E-state index contributed by atoms with van der Waals surface area (Å²) in [4.78, 5) is 7.24. The summed E-state index contributed by atoms with van der Waals surface area (Å²) in [5.41, 5.74) is 19.4. The second-order valence-corrected chi connectivity index (χ2v) is 21.0. The van der Waals surface area contributed by atoms with Crippen LogP contribution < -0.4 is 14.7 Å². The van der Waals surface area contributed by atoms with Crippen molar-refractivity contribution in [2.24, 2.45) is 5.92 Å². The van der Waals surface area contributed by atoms with Gasteiger partial charge in [0.05, 0.1) is 6.04 Å². The molecule has 0 saturated heterocycles. The topological polar surface area (TPSA) is 9.72 Å². The van der Waals surface area contributed by atoms with Gasteiger partial charge in [-0.1, -0.05) is 196 Å². The van der Waals surface area contributed by atoms with E-state index < -0.39 is 0 Å². The Morgan fingerprint density at radius 2 is 0.882 bits per heavy atom. The predicted molar refractivity (Wildman–Crippen MR) is 330 cm³/mol. The van der Waals surface area contributed by atoms with E-state index in [9.17, 15) is 0 Å². The largest absolute Gasteiger partial charge is 0.334 e. The molecule has 380 valence electrons. The van der Waals surface area contributed by atoms with Crippen molar-refractivity contribution in [2.75, 3.05) is 14.7 Å². The van der Waals surface area contributed by atoms with E-state index in [0.29, 0.717) is 5.92 Å². The average Bonchev–Trinajstić information content (AvgIpc) is 3.47. The molecule has 10 rings (SSSR count). The molecule has 0 bridgehead atoms. The zero-order chi connectivity index (χ0) is 52.2. The number of hydrogen-bond donors (Lipinski definition) is 0. The smallest absolute Gasteiger partial charge is 0.0560 e. The second kappa shape index (κ2) is 24.5. The maximum absolute atomic E-state index is 2.48. The second-order valence-electron chi connectivity index (χ2n) is 21.0. The van der Waals surface area contributed by atoms with Gasteiger partial charge in [0, 0.05) is 45.5 Å². The van der Waals surface area contributed by atoms with Gasteiger partial charge in [-0.2, -0.15) is 0 Å². The van der Waals surface area contributed by atoms with E-state index in [1.807, 2.05) is 0 Å². The van der Waals surface area contributed by atoms with E-state index in [1.54, 1.807) is 0 Å². The van der Waals surface area contributed by atoms with Crippen LogP contribution in [0.2, 0.25) is 0 Å². The fraction of sp³-hybridized carbons (Fsp3) is 0.205. The lowest BCUT2D eigenvalue weighted by Crippen LogP contribution is -2.30. The molecule has 0 aromatic heterocycles. The van der Waals surface area contributed by atoms with Crippen molar-refractivity contribution in [1.82, 2.24) is 0 Å². The molecule has 76 heavy (non-hydrogen) atoms. The Bertz CT molecular complexity index is 3390. The summed E-state index contributed by atoms with van der Waals surface area (Å²) >= 11 is 0. The standard InChI is InChI=1S/C73H73N3/c1-6-8-10-57-21-39-67(40-22-57)74(65-35-13-54(3)14-36-65)69-43-25-59(26-44-69)17-19-61-29-47-71(48-30-61)76(73-51-34-63-52-56(5)12-33-64(63)53-73)72-49-31-62(32-50-72)20-18-60-27-45-70(46-28-60)75(66-37-15-55(4)16-38-66)68-41-23-58(24-42-68)11-9-7-2/h12-15,17-43,45-53,55,69H,6-11,16,44H2,1-5H3/b19-17+,20-18+. The van der Waals surface area contributed by atoms with Crippen LogP contribution in [0.3, 0.4) is 0 Å². The van der Waals surface area contributed by atoms with Crippen molar-refractivity contribution in [3.63, 3.8) is 0 Å². The molecular formula is C73H73N3. The molecule has 0 saturated carbocycles. The summed E-state index contributed by atoms with van der Waals surface area (Å²) < 4.78 is 0. The minimum absolute atomic E-state index is 0.223. The van der Waals surface area contributed by atoms with Crippen molar-refractivity contribution in [2.45, 2.75) is 92.0 Å². The van der Waals surface area contributed by atoms with Crippen molar-refractivity contribution >= 4 is 68.8 Å². The molecule has 3 nitrogen and oxygen atoms in total. The molecule has 0 spiro atoms. The molecule has 2 aliphatic carbocycles. The highest BCUT2D eigenvalue weighted by Crippen LogP contribution is 2.39. The van der Waals surface area contributed by atoms with Crippen LogP contribution in [0.25, 0.3) is 29.0 Å². The lowest BCUT2D eigenvalue weighted by molar-refractivity contribution is 0.728. The molecule has 8 aromatic rings. The van der Waals surface area contributed by atoms with E-state index in [0.717, 1.165) is 65.1 Å². The van der Waals surface area contributed by atoms with Gasteiger partial charge in [-0.3, -0.25) is 0 Å². The van der Waals surface area contributed by atoms with Crippen LogP contribution >= 0.6 is 0 Å². The fourth-order valence-electron chi connectivity index (χ4n) is 10.4. The first kappa shape index (κ1) is 51.4. The normalized spacial score (nSPS) is 15.3. The predicted octanol–water partition coefficient (Wildman–Crippen LogP) is 20.5. The van der Waals surface area contributed by atoms with Crippen LogP contribution in [0, 0.1) is 19.8 Å². The SMILES string of the molecule is CCCCc1ccc(N(C2=CCC(C)C=C2)c2ccc(/C=C/c3ccc(N(c4ccc(/C=C/C5=CCC(N(c6ccc(C)cc6)c6ccc(CCCC)cc6)C=C5)cc4)c4ccc5cc(C)ccc5c4)cc3)cc2)cc1. The van der Waals surface area contributed by atoms with Gasteiger partial charge in [0.15, 0.2) is 0 Å². The van der Waals surface area contributed by atoms with E-state index >= 15 is 0 Å². The third kappa shape index (κ3) is 12.7. The number of hydrogen-bond acceptors (Lipinski definition) is 3.